The molecule has 0 heterocycles. The highest BCUT2D eigenvalue weighted by molar-refractivity contribution is 5.82. The van der Waals surface area contributed by atoms with Crippen molar-refractivity contribution in [2.45, 2.75) is 46.2 Å². The second-order valence-corrected chi connectivity index (χ2v) is 4.36. The molecule has 2 atom stereocenters. The van der Waals surface area contributed by atoms with Crippen LogP contribution in [0.5, 0.6) is 0 Å². The van der Waals surface area contributed by atoms with Gasteiger partial charge >= 0.3 is 12.0 Å². The normalized spacial score (nSPS) is 14.4. The first kappa shape index (κ1) is 14.7. The zero-order valence-electron chi connectivity index (χ0n) is 10.7. The van der Waals surface area contributed by atoms with Crippen LogP contribution in [0.4, 0.5) is 4.79 Å². The van der Waals surface area contributed by atoms with Crippen molar-refractivity contribution in [2.75, 3.05) is 7.05 Å². The number of carbonyl (C=O) groups is 2. The lowest BCUT2D eigenvalue weighted by atomic mass is 9.99. The van der Waals surface area contributed by atoms with Crippen LogP contribution in [0.15, 0.2) is 0 Å². The molecule has 0 radical (unpaired) electrons. The lowest BCUT2D eigenvalue weighted by Crippen LogP contribution is -2.51. The van der Waals surface area contributed by atoms with E-state index in [2.05, 4.69) is 5.32 Å². The van der Waals surface area contributed by atoms with Gasteiger partial charge in [0.1, 0.15) is 6.04 Å². The van der Waals surface area contributed by atoms with Crippen LogP contribution < -0.4 is 5.32 Å². The quantitative estimate of drug-likeness (QED) is 0.752. The van der Waals surface area contributed by atoms with Gasteiger partial charge in [-0.2, -0.15) is 0 Å². The number of carboxylic acid groups (broad SMARTS) is 1. The Kier molecular flexibility index (Phi) is 5.85. The Morgan fingerprint density at radius 2 is 1.81 bits per heavy atom. The number of urea groups is 1. The van der Waals surface area contributed by atoms with Gasteiger partial charge in [0.05, 0.1) is 0 Å². The van der Waals surface area contributed by atoms with E-state index in [4.69, 9.17) is 5.11 Å². The van der Waals surface area contributed by atoms with Gasteiger partial charge in [0.25, 0.3) is 0 Å². The van der Waals surface area contributed by atoms with Crippen molar-refractivity contribution < 1.29 is 14.7 Å². The molecular formula is C11H22N2O3. The van der Waals surface area contributed by atoms with Crippen molar-refractivity contribution in [1.29, 1.82) is 0 Å². The summed E-state index contributed by atoms with van der Waals surface area (Å²) in [6.07, 6.45) is 0.711. The molecule has 94 valence electrons. The van der Waals surface area contributed by atoms with Crippen LogP contribution >= 0.6 is 0 Å². The molecule has 0 aromatic heterocycles. The van der Waals surface area contributed by atoms with Gasteiger partial charge < -0.3 is 15.3 Å². The Morgan fingerprint density at radius 3 is 2.12 bits per heavy atom. The van der Waals surface area contributed by atoms with Crippen molar-refractivity contribution in [1.82, 2.24) is 10.2 Å². The largest absolute Gasteiger partial charge is 0.480 e. The van der Waals surface area contributed by atoms with Crippen LogP contribution in [0.25, 0.3) is 0 Å². The second-order valence-electron chi connectivity index (χ2n) is 4.36. The monoisotopic (exact) mass is 230 g/mol. The zero-order valence-corrected chi connectivity index (χ0v) is 10.7. The van der Waals surface area contributed by atoms with Crippen molar-refractivity contribution in [3.8, 4) is 0 Å². The molecule has 0 spiro atoms. The van der Waals surface area contributed by atoms with Gasteiger partial charge in [-0.15, -0.1) is 0 Å². The fourth-order valence-electron chi connectivity index (χ4n) is 1.15. The molecule has 0 aliphatic carbocycles. The minimum atomic E-state index is -0.986. The lowest BCUT2D eigenvalue weighted by Gasteiger charge is -2.26. The number of aliphatic carboxylic acids is 1. The highest BCUT2D eigenvalue weighted by Crippen LogP contribution is 2.08. The van der Waals surface area contributed by atoms with Crippen LogP contribution in [-0.4, -0.2) is 41.1 Å². The van der Waals surface area contributed by atoms with E-state index < -0.39 is 12.0 Å². The van der Waals surface area contributed by atoms with Gasteiger partial charge in [-0.05, 0) is 19.8 Å². The third kappa shape index (κ3) is 4.08. The molecule has 5 nitrogen and oxygen atoms in total. The number of hydrogen-bond donors (Lipinski definition) is 2. The summed E-state index contributed by atoms with van der Waals surface area (Å²) in [6.45, 7) is 7.46. The molecule has 0 aromatic rings. The molecule has 0 aliphatic heterocycles. The van der Waals surface area contributed by atoms with E-state index in [1.54, 1.807) is 7.05 Å². The maximum atomic E-state index is 11.7. The molecule has 0 saturated carbocycles. The Bertz CT molecular complexity index is 254. The number of hydrogen-bond acceptors (Lipinski definition) is 2. The van der Waals surface area contributed by atoms with Crippen LogP contribution in [-0.2, 0) is 4.79 Å². The number of carboxylic acids is 1. The van der Waals surface area contributed by atoms with E-state index in [0.717, 1.165) is 0 Å². The molecule has 16 heavy (non-hydrogen) atoms. The molecule has 0 fully saturated rings. The molecule has 0 aromatic carbocycles. The van der Waals surface area contributed by atoms with Gasteiger partial charge in [0.2, 0.25) is 0 Å². The average molecular weight is 230 g/mol. The van der Waals surface area contributed by atoms with E-state index in [-0.39, 0.29) is 18.0 Å². The average Bonchev–Trinajstić information content (AvgIpc) is 2.22. The van der Waals surface area contributed by atoms with Crippen LogP contribution in [0, 0.1) is 5.92 Å². The lowest BCUT2D eigenvalue weighted by molar-refractivity contribution is -0.140. The van der Waals surface area contributed by atoms with Crippen molar-refractivity contribution in [3.05, 3.63) is 0 Å². The maximum absolute atomic E-state index is 11.7. The molecule has 0 bridgehead atoms. The van der Waals surface area contributed by atoms with Gasteiger partial charge in [-0.25, -0.2) is 9.59 Å². The SMILES string of the molecule is CCC(C)C(NC(=O)N(C)C(C)C)C(=O)O. The first-order chi connectivity index (χ1) is 7.31. The Balaban J connectivity index is 4.52. The predicted octanol–water partition coefficient (Wildman–Crippen LogP) is 1.54. The molecule has 5 heteroatoms. The maximum Gasteiger partial charge on any atom is 0.326 e. The summed E-state index contributed by atoms with van der Waals surface area (Å²) >= 11 is 0. The van der Waals surface area contributed by atoms with Crippen molar-refractivity contribution in [3.63, 3.8) is 0 Å². The Hall–Kier alpha value is -1.26. The first-order valence-corrected chi connectivity index (χ1v) is 5.57. The fraction of sp³-hybridized carbons (Fsp3) is 0.818. The van der Waals surface area contributed by atoms with Crippen LogP contribution in [0.3, 0.4) is 0 Å². The first-order valence-electron chi connectivity index (χ1n) is 5.57. The van der Waals surface area contributed by atoms with E-state index in [1.807, 2.05) is 27.7 Å². The third-order valence-corrected chi connectivity index (χ3v) is 2.85. The second kappa shape index (κ2) is 6.35. The molecule has 0 rings (SSSR count). The highest BCUT2D eigenvalue weighted by atomic mass is 16.4. The summed E-state index contributed by atoms with van der Waals surface area (Å²) in [5, 5.41) is 11.5. The number of amides is 2. The van der Waals surface area contributed by atoms with E-state index in [0.29, 0.717) is 6.42 Å². The third-order valence-electron chi connectivity index (χ3n) is 2.85. The van der Waals surface area contributed by atoms with E-state index in [9.17, 15) is 9.59 Å². The smallest absolute Gasteiger partial charge is 0.326 e. The summed E-state index contributed by atoms with van der Waals surface area (Å²) in [7, 11) is 1.65. The van der Waals surface area contributed by atoms with Crippen molar-refractivity contribution >= 4 is 12.0 Å². The molecule has 2 amide bonds. The molecule has 0 saturated heterocycles. The number of carbonyl (C=O) groups excluding carboxylic acids is 1. The van der Waals surface area contributed by atoms with Gasteiger partial charge in [-0.3, -0.25) is 0 Å². The predicted molar refractivity (Wildman–Crippen MR) is 62.3 cm³/mol. The minimum absolute atomic E-state index is 0.0476. The summed E-state index contributed by atoms with van der Waals surface area (Å²) in [5.74, 6) is -1.07. The Labute approximate surface area is 96.8 Å². The van der Waals surface area contributed by atoms with Gasteiger partial charge in [0, 0.05) is 13.1 Å². The van der Waals surface area contributed by atoms with E-state index in [1.165, 1.54) is 4.90 Å². The number of rotatable bonds is 5. The summed E-state index contributed by atoms with van der Waals surface area (Å²) in [6, 6.07) is -1.12. The zero-order chi connectivity index (χ0) is 12.9. The summed E-state index contributed by atoms with van der Waals surface area (Å²) in [5.41, 5.74) is 0. The number of nitrogens with zero attached hydrogens (tertiary/aromatic N) is 1. The minimum Gasteiger partial charge on any atom is -0.480 e. The van der Waals surface area contributed by atoms with Gasteiger partial charge in [-0.1, -0.05) is 20.3 Å². The molecular weight excluding hydrogens is 208 g/mol. The fourth-order valence-corrected chi connectivity index (χ4v) is 1.15. The van der Waals surface area contributed by atoms with Gasteiger partial charge in [0.15, 0.2) is 0 Å². The summed E-state index contributed by atoms with van der Waals surface area (Å²) < 4.78 is 0. The van der Waals surface area contributed by atoms with Crippen molar-refractivity contribution in [2.24, 2.45) is 5.92 Å². The Morgan fingerprint density at radius 1 is 1.31 bits per heavy atom. The molecule has 2 N–H and O–H groups in total. The standard InChI is InChI=1S/C11H22N2O3/c1-6-8(4)9(10(14)15)12-11(16)13(5)7(2)3/h7-9H,6H2,1-5H3,(H,12,16)(H,14,15). The summed E-state index contributed by atoms with van der Waals surface area (Å²) in [4.78, 5) is 24.2. The topological polar surface area (TPSA) is 69.6 Å². The molecule has 2 unspecified atom stereocenters. The van der Waals surface area contributed by atoms with E-state index >= 15 is 0 Å². The highest BCUT2D eigenvalue weighted by Gasteiger charge is 2.26. The van der Waals surface area contributed by atoms with Crippen LogP contribution in [0.1, 0.15) is 34.1 Å². The molecule has 0 aliphatic rings. The number of nitrogens with one attached hydrogen (secondary N) is 1. The van der Waals surface area contributed by atoms with Crippen LogP contribution in [0.2, 0.25) is 0 Å².